The topological polar surface area (TPSA) is 9.23 Å². The third kappa shape index (κ3) is 2.86. The summed E-state index contributed by atoms with van der Waals surface area (Å²) in [5.74, 6) is 0. The fourth-order valence-corrected chi connectivity index (χ4v) is 3.47. The van der Waals surface area contributed by atoms with Crippen molar-refractivity contribution in [1.82, 2.24) is 0 Å². The molecule has 0 radical (unpaired) electrons. The van der Waals surface area contributed by atoms with Crippen LogP contribution in [0, 0.1) is 0 Å². The molecular weight excluding hydrogens is 222 g/mol. The summed E-state index contributed by atoms with van der Waals surface area (Å²) in [6.45, 7) is 2.67. The van der Waals surface area contributed by atoms with E-state index in [4.69, 9.17) is 13.7 Å². The van der Waals surface area contributed by atoms with Gasteiger partial charge in [0.2, 0.25) is 0 Å². The Bertz CT molecular complexity index is 203. The third-order valence-corrected chi connectivity index (χ3v) is 5.22. The van der Waals surface area contributed by atoms with E-state index < -0.39 is 14.1 Å². The molecule has 0 heterocycles. The molecule has 0 bridgehead atoms. The summed E-state index contributed by atoms with van der Waals surface area (Å²) in [5.41, 5.74) is 0. The summed E-state index contributed by atoms with van der Waals surface area (Å²) >= 11 is -1.65. The van der Waals surface area contributed by atoms with Crippen LogP contribution < -0.4 is 4.35 Å². The molecule has 1 aromatic carbocycles. The maximum absolute atomic E-state index is 6.03. The first kappa shape index (κ1) is 9.12. The molecule has 60 valence electrons. The molecule has 0 aliphatic rings. The maximum atomic E-state index is 6.03. The Morgan fingerprint density at radius 1 is 1.36 bits per heavy atom. The molecule has 3 heteroatoms. The summed E-state index contributed by atoms with van der Waals surface area (Å²) in [5, 5.41) is 0. The van der Waals surface area contributed by atoms with Crippen LogP contribution in [0.15, 0.2) is 30.3 Å². The first-order valence-electron chi connectivity index (χ1n) is 3.48. The minimum atomic E-state index is -1.65. The van der Waals surface area contributed by atoms with Crippen molar-refractivity contribution in [2.75, 3.05) is 6.61 Å². The van der Waals surface area contributed by atoms with E-state index in [-0.39, 0.29) is 0 Å². The molecule has 1 nitrogen and oxygen atoms in total. The van der Waals surface area contributed by atoms with Gasteiger partial charge in [0.25, 0.3) is 0 Å². The predicted octanol–water partition coefficient (Wildman–Crippen LogP) is 1.66. The second kappa shape index (κ2) is 4.82. The molecule has 0 fully saturated rings. The van der Waals surface area contributed by atoms with Crippen LogP contribution in [0.25, 0.3) is 0 Å². The summed E-state index contributed by atoms with van der Waals surface area (Å²) in [6.07, 6.45) is 0. The van der Waals surface area contributed by atoms with Crippen molar-refractivity contribution in [3.05, 3.63) is 30.3 Å². The van der Waals surface area contributed by atoms with E-state index in [0.29, 0.717) is 6.61 Å². The Kier molecular flexibility index (Phi) is 3.99. The fraction of sp³-hybridized carbons (Fsp3) is 0.250. The molecule has 1 rings (SSSR count). The second-order valence-electron chi connectivity index (χ2n) is 2.00. The van der Waals surface area contributed by atoms with Gasteiger partial charge in [0.05, 0.1) is 0 Å². The summed E-state index contributed by atoms with van der Waals surface area (Å²) in [4.78, 5) is 0. The van der Waals surface area contributed by atoms with Crippen LogP contribution in [0.1, 0.15) is 6.92 Å². The first-order chi connectivity index (χ1) is 5.34. The molecule has 11 heavy (non-hydrogen) atoms. The zero-order valence-electron chi connectivity index (χ0n) is 6.33. The van der Waals surface area contributed by atoms with E-state index in [2.05, 4.69) is 0 Å². The molecule has 0 aliphatic heterocycles. The molecule has 0 saturated heterocycles. The van der Waals surface area contributed by atoms with Crippen LogP contribution in [0.4, 0.5) is 0 Å². The molecule has 1 atom stereocenters. The predicted molar refractivity (Wildman–Crippen MR) is 49.3 cm³/mol. The van der Waals surface area contributed by atoms with Crippen molar-refractivity contribution in [3.63, 3.8) is 0 Å². The summed E-state index contributed by atoms with van der Waals surface area (Å²) < 4.78 is 6.50. The zero-order valence-corrected chi connectivity index (χ0v) is 8.96. The number of hydrogen-bond acceptors (Lipinski definition) is 1. The van der Waals surface area contributed by atoms with Crippen molar-refractivity contribution < 1.29 is 3.73 Å². The monoisotopic (exact) mass is 232 g/mol. The van der Waals surface area contributed by atoms with Gasteiger partial charge in [-0.1, -0.05) is 0 Å². The number of halogens is 1. The van der Waals surface area contributed by atoms with E-state index in [1.807, 2.05) is 37.3 Å². The van der Waals surface area contributed by atoms with Crippen LogP contribution in [0.5, 0.6) is 0 Å². The van der Waals surface area contributed by atoms with E-state index >= 15 is 0 Å². The van der Waals surface area contributed by atoms with E-state index in [1.54, 1.807) is 0 Å². The van der Waals surface area contributed by atoms with Gasteiger partial charge in [-0.05, 0) is 0 Å². The average Bonchev–Trinajstić information content (AvgIpc) is 2.07. The Labute approximate surface area is 76.1 Å². The molecule has 0 amide bonds. The van der Waals surface area contributed by atoms with E-state index in [9.17, 15) is 0 Å². The first-order valence-corrected chi connectivity index (χ1v) is 7.65. The third-order valence-electron chi connectivity index (χ3n) is 1.20. The van der Waals surface area contributed by atoms with Gasteiger partial charge in [-0.2, -0.15) is 0 Å². The molecule has 0 saturated carbocycles. The van der Waals surface area contributed by atoms with Crippen molar-refractivity contribution >= 4 is 28.4 Å². The van der Waals surface area contributed by atoms with Crippen LogP contribution in [-0.4, -0.2) is 20.7 Å². The van der Waals surface area contributed by atoms with Crippen molar-refractivity contribution in [1.29, 1.82) is 0 Å². The number of hydrogen-bond donors (Lipinski definition) is 0. The SMILES string of the molecule is CCO[As](Cl)c1ccccc1. The van der Waals surface area contributed by atoms with Crippen molar-refractivity contribution in [2.24, 2.45) is 0 Å². The normalized spacial score (nSPS) is 12.9. The standard InChI is InChI=1S/C8H10AsClO/c1-2-11-9(10)8-6-4-3-5-7-8/h3-7H,2H2,1H3. The summed E-state index contributed by atoms with van der Waals surface area (Å²) in [7, 11) is 6.03. The molecule has 0 N–H and O–H groups in total. The molecule has 0 aliphatic carbocycles. The fourth-order valence-electron chi connectivity index (χ4n) is 0.733. The summed E-state index contributed by atoms with van der Waals surface area (Å²) in [6, 6.07) is 9.98. The van der Waals surface area contributed by atoms with Gasteiger partial charge in [0.1, 0.15) is 0 Å². The number of benzene rings is 1. The Morgan fingerprint density at radius 2 is 2.00 bits per heavy atom. The van der Waals surface area contributed by atoms with E-state index in [1.165, 1.54) is 0 Å². The molecule has 1 aromatic rings. The molecular formula is C8H10AsClO. The van der Waals surface area contributed by atoms with Gasteiger partial charge >= 0.3 is 75.9 Å². The second-order valence-corrected chi connectivity index (χ2v) is 6.25. The Hall–Kier alpha value is 0.0284. The van der Waals surface area contributed by atoms with Crippen LogP contribution in [0.2, 0.25) is 0 Å². The van der Waals surface area contributed by atoms with Gasteiger partial charge in [0.15, 0.2) is 0 Å². The quantitative estimate of drug-likeness (QED) is 0.720. The minimum absolute atomic E-state index is 0.707. The van der Waals surface area contributed by atoms with Crippen LogP contribution in [0.3, 0.4) is 0 Å². The van der Waals surface area contributed by atoms with Gasteiger partial charge < -0.3 is 0 Å². The molecule has 0 aromatic heterocycles. The van der Waals surface area contributed by atoms with E-state index in [0.717, 1.165) is 4.35 Å². The average molecular weight is 233 g/mol. The van der Waals surface area contributed by atoms with Crippen molar-refractivity contribution in [2.45, 2.75) is 6.92 Å². The number of rotatable bonds is 3. The Balaban J connectivity index is 2.61. The molecule has 0 spiro atoms. The van der Waals surface area contributed by atoms with Crippen molar-refractivity contribution in [3.8, 4) is 0 Å². The zero-order chi connectivity index (χ0) is 8.10. The van der Waals surface area contributed by atoms with Gasteiger partial charge in [0, 0.05) is 0 Å². The van der Waals surface area contributed by atoms with Gasteiger partial charge in [-0.15, -0.1) is 0 Å². The molecule has 1 unspecified atom stereocenters. The van der Waals surface area contributed by atoms with Crippen LogP contribution in [-0.2, 0) is 3.73 Å². The van der Waals surface area contributed by atoms with Gasteiger partial charge in [-0.3, -0.25) is 0 Å². The van der Waals surface area contributed by atoms with Gasteiger partial charge in [-0.25, -0.2) is 0 Å². The Morgan fingerprint density at radius 3 is 2.55 bits per heavy atom. The van der Waals surface area contributed by atoms with Crippen LogP contribution >= 0.6 is 9.95 Å².